The molecule has 2 heterocycles. The predicted octanol–water partition coefficient (Wildman–Crippen LogP) is 4.58. The van der Waals surface area contributed by atoms with E-state index in [9.17, 15) is 13.2 Å². The van der Waals surface area contributed by atoms with E-state index in [1.807, 2.05) is 59.5 Å². The first-order chi connectivity index (χ1) is 20.8. The minimum Gasteiger partial charge on any atom is -0.495 e. The number of sulfonamides is 1. The molecule has 10 heteroatoms. The van der Waals surface area contributed by atoms with Crippen molar-refractivity contribution in [2.45, 2.75) is 17.9 Å². The fourth-order valence-corrected chi connectivity index (χ4v) is 7.46. The van der Waals surface area contributed by atoms with Crippen molar-refractivity contribution in [3.05, 3.63) is 89.5 Å². The monoisotopic (exact) mass is 601 g/mol. The molecule has 0 spiro atoms. The van der Waals surface area contributed by atoms with Crippen molar-refractivity contribution in [3.8, 4) is 17.2 Å². The Bertz CT molecular complexity index is 1780. The second kappa shape index (κ2) is 11.8. The second-order valence-electron chi connectivity index (χ2n) is 10.7. The van der Waals surface area contributed by atoms with E-state index in [0.717, 1.165) is 21.9 Å². The number of fused-ring (bicyclic) bond motifs is 2. The Kier molecular flexibility index (Phi) is 7.89. The van der Waals surface area contributed by atoms with Gasteiger partial charge in [0.05, 0.1) is 31.9 Å². The Morgan fingerprint density at radius 1 is 0.721 bits per heavy atom. The lowest BCUT2D eigenvalue weighted by molar-refractivity contribution is 0.0748. The Hall–Kier alpha value is -4.28. The number of hydrogen-bond donors (Lipinski definition) is 0. The minimum absolute atomic E-state index is 0.000580. The predicted molar refractivity (Wildman–Crippen MR) is 166 cm³/mol. The molecule has 6 rings (SSSR count). The van der Waals surface area contributed by atoms with Crippen LogP contribution in [0.25, 0.3) is 10.8 Å². The molecule has 0 N–H and O–H groups in total. The standard InChI is InChI=1S/C33H35N3O6S/c1-40-30-12-11-26(43(38,39)36-14-13-24-19-31(41-2)32(42-3)20-25(24)22-36)21-29(30)34-15-17-35(18-16-34)33(37)28-10-6-8-23-7-4-5-9-27(23)28/h4-12,19-21H,13-18,22H2,1-3H3. The van der Waals surface area contributed by atoms with Gasteiger partial charge in [-0.1, -0.05) is 36.4 Å². The molecule has 1 fully saturated rings. The number of carbonyl (C=O) groups excluding carboxylic acids is 1. The van der Waals surface area contributed by atoms with Crippen LogP contribution in [0.1, 0.15) is 21.5 Å². The minimum atomic E-state index is -3.79. The zero-order valence-corrected chi connectivity index (χ0v) is 25.4. The molecule has 224 valence electrons. The fourth-order valence-electron chi connectivity index (χ4n) is 6.02. The highest BCUT2D eigenvalue weighted by atomic mass is 32.2. The first-order valence-corrected chi connectivity index (χ1v) is 15.7. The third kappa shape index (κ3) is 5.36. The van der Waals surface area contributed by atoms with Gasteiger partial charge in [0.25, 0.3) is 5.91 Å². The van der Waals surface area contributed by atoms with E-state index in [4.69, 9.17) is 14.2 Å². The van der Waals surface area contributed by atoms with Crippen LogP contribution in [0.3, 0.4) is 0 Å². The third-order valence-corrected chi connectivity index (χ3v) is 10.2. The number of ether oxygens (including phenoxy) is 3. The molecular formula is C33H35N3O6S. The number of benzene rings is 4. The molecule has 0 aliphatic carbocycles. The number of anilines is 1. The molecular weight excluding hydrogens is 566 g/mol. The molecule has 9 nitrogen and oxygen atoms in total. The van der Waals surface area contributed by atoms with Gasteiger partial charge < -0.3 is 24.0 Å². The smallest absolute Gasteiger partial charge is 0.254 e. The van der Waals surface area contributed by atoms with Gasteiger partial charge >= 0.3 is 0 Å². The summed E-state index contributed by atoms with van der Waals surface area (Å²) in [4.78, 5) is 17.6. The van der Waals surface area contributed by atoms with E-state index >= 15 is 0 Å². The first-order valence-electron chi connectivity index (χ1n) is 14.3. The van der Waals surface area contributed by atoms with Crippen LogP contribution in [0.4, 0.5) is 5.69 Å². The van der Waals surface area contributed by atoms with Gasteiger partial charge in [0.2, 0.25) is 10.0 Å². The second-order valence-corrected chi connectivity index (χ2v) is 12.6. The van der Waals surface area contributed by atoms with E-state index in [-0.39, 0.29) is 17.3 Å². The molecule has 0 saturated carbocycles. The number of methoxy groups -OCH3 is 3. The van der Waals surface area contributed by atoms with Crippen LogP contribution in [0.5, 0.6) is 17.2 Å². The lowest BCUT2D eigenvalue weighted by Crippen LogP contribution is -2.49. The van der Waals surface area contributed by atoms with Crippen molar-refractivity contribution in [1.29, 1.82) is 0 Å². The summed E-state index contributed by atoms with van der Waals surface area (Å²) in [7, 11) is 0.948. The number of rotatable bonds is 7. The van der Waals surface area contributed by atoms with Crippen LogP contribution in [0.15, 0.2) is 77.7 Å². The summed E-state index contributed by atoms with van der Waals surface area (Å²) < 4.78 is 45.8. The number of hydrogen-bond acceptors (Lipinski definition) is 7. The Morgan fingerprint density at radius 3 is 2.12 bits per heavy atom. The summed E-state index contributed by atoms with van der Waals surface area (Å²) in [6.45, 7) is 2.73. The molecule has 0 bridgehead atoms. The van der Waals surface area contributed by atoms with Crippen LogP contribution in [-0.4, -0.2) is 77.6 Å². The number of amides is 1. The van der Waals surface area contributed by atoms with Gasteiger partial charge in [0, 0.05) is 44.8 Å². The molecule has 1 saturated heterocycles. The van der Waals surface area contributed by atoms with E-state index in [2.05, 4.69) is 4.90 Å². The topological polar surface area (TPSA) is 88.6 Å². The maximum Gasteiger partial charge on any atom is 0.254 e. The van der Waals surface area contributed by atoms with Crippen LogP contribution in [0.2, 0.25) is 0 Å². The summed E-state index contributed by atoms with van der Waals surface area (Å²) >= 11 is 0. The summed E-state index contributed by atoms with van der Waals surface area (Å²) in [6.07, 6.45) is 0.574. The van der Waals surface area contributed by atoms with Gasteiger partial charge in [-0.25, -0.2) is 8.42 Å². The van der Waals surface area contributed by atoms with Crippen molar-refractivity contribution < 1.29 is 27.4 Å². The highest BCUT2D eigenvalue weighted by Gasteiger charge is 2.31. The molecule has 2 aliphatic heterocycles. The van der Waals surface area contributed by atoms with Gasteiger partial charge in [-0.3, -0.25) is 4.79 Å². The molecule has 2 aliphatic rings. The largest absolute Gasteiger partial charge is 0.495 e. The molecule has 4 aromatic carbocycles. The number of nitrogens with zero attached hydrogens (tertiary/aromatic N) is 3. The van der Waals surface area contributed by atoms with Gasteiger partial charge in [-0.05, 0) is 64.7 Å². The zero-order valence-electron chi connectivity index (χ0n) is 24.6. The number of piperazine rings is 1. The van der Waals surface area contributed by atoms with Gasteiger partial charge in [0.15, 0.2) is 11.5 Å². The maximum atomic E-state index is 13.9. The molecule has 0 atom stereocenters. The Labute approximate surface area is 252 Å². The lowest BCUT2D eigenvalue weighted by atomic mass is 10.0. The van der Waals surface area contributed by atoms with Crippen molar-refractivity contribution in [1.82, 2.24) is 9.21 Å². The maximum absolute atomic E-state index is 13.9. The fraction of sp³-hybridized carbons (Fsp3) is 0.303. The molecule has 0 aromatic heterocycles. The summed E-state index contributed by atoms with van der Waals surface area (Å²) in [6, 6.07) is 22.5. The van der Waals surface area contributed by atoms with Gasteiger partial charge in [-0.2, -0.15) is 4.31 Å². The van der Waals surface area contributed by atoms with Crippen molar-refractivity contribution in [3.63, 3.8) is 0 Å². The van der Waals surface area contributed by atoms with Crippen LogP contribution in [0, 0.1) is 0 Å². The summed E-state index contributed by atoms with van der Waals surface area (Å²) in [5, 5.41) is 1.97. The molecule has 43 heavy (non-hydrogen) atoms. The lowest BCUT2D eigenvalue weighted by Gasteiger charge is -2.37. The molecule has 0 radical (unpaired) electrons. The van der Waals surface area contributed by atoms with Crippen molar-refractivity contribution in [2.75, 3.05) is 59.0 Å². The number of carbonyl (C=O) groups is 1. The SMILES string of the molecule is COc1cc2c(cc1OC)CN(S(=O)(=O)c1ccc(OC)c(N3CCN(C(=O)c4cccc5ccccc45)CC3)c1)CC2. The highest BCUT2D eigenvalue weighted by molar-refractivity contribution is 7.89. The van der Waals surface area contributed by atoms with E-state index in [1.165, 1.54) is 4.31 Å². The van der Waals surface area contributed by atoms with Crippen LogP contribution in [-0.2, 0) is 23.0 Å². The quantitative estimate of drug-likeness (QED) is 0.307. The van der Waals surface area contributed by atoms with Crippen molar-refractivity contribution >= 4 is 32.4 Å². The van der Waals surface area contributed by atoms with Crippen LogP contribution < -0.4 is 19.1 Å². The van der Waals surface area contributed by atoms with Gasteiger partial charge in [-0.15, -0.1) is 0 Å². The van der Waals surface area contributed by atoms with Gasteiger partial charge in [0.1, 0.15) is 5.75 Å². The third-order valence-electron chi connectivity index (χ3n) is 8.40. The summed E-state index contributed by atoms with van der Waals surface area (Å²) in [5.74, 6) is 1.80. The van der Waals surface area contributed by atoms with Crippen LogP contribution >= 0.6 is 0 Å². The summed E-state index contributed by atoms with van der Waals surface area (Å²) in [5.41, 5.74) is 3.34. The molecule has 4 aromatic rings. The molecule has 1 amide bonds. The van der Waals surface area contributed by atoms with E-state index in [0.29, 0.717) is 67.6 Å². The Balaban J connectivity index is 1.21. The van der Waals surface area contributed by atoms with E-state index < -0.39 is 10.0 Å². The Morgan fingerprint density at radius 2 is 1.40 bits per heavy atom. The molecule has 0 unspecified atom stereocenters. The zero-order chi connectivity index (χ0) is 30.1. The van der Waals surface area contributed by atoms with E-state index in [1.54, 1.807) is 39.5 Å². The average molecular weight is 602 g/mol. The normalized spacial score (nSPS) is 15.7. The highest BCUT2D eigenvalue weighted by Crippen LogP contribution is 2.37. The average Bonchev–Trinajstić information content (AvgIpc) is 3.06. The van der Waals surface area contributed by atoms with Crippen molar-refractivity contribution in [2.24, 2.45) is 0 Å². The first kappa shape index (κ1) is 28.8.